The first-order valence-corrected chi connectivity index (χ1v) is 7.95. The fourth-order valence-electron chi connectivity index (χ4n) is 3.77. The van der Waals surface area contributed by atoms with Crippen LogP contribution in [-0.2, 0) is 5.41 Å². The second-order valence-electron chi connectivity index (χ2n) is 6.45. The Morgan fingerprint density at radius 1 is 1.25 bits per heavy atom. The molecule has 0 saturated heterocycles. The molecule has 1 aliphatic carbocycles. The van der Waals surface area contributed by atoms with Crippen molar-refractivity contribution in [1.29, 1.82) is 0 Å². The molecule has 0 radical (unpaired) electrons. The van der Waals surface area contributed by atoms with Crippen LogP contribution in [0.25, 0.3) is 0 Å². The van der Waals surface area contributed by atoms with Crippen molar-refractivity contribution < 1.29 is 9.50 Å². The van der Waals surface area contributed by atoms with Gasteiger partial charge in [-0.1, -0.05) is 35.2 Å². The number of hydrogen-bond acceptors (Lipinski definition) is 2. The summed E-state index contributed by atoms with van der Waals surface area (Å²) < 4.78 is 15.0. The molecule has 1 aromatic rings. The zero-order valence-electron chi connectivity index (χ0n) is 11.8. The minimum Gasteiger partial charge on any atom is -0.384 e. The number of hydrogen-bond donors (Lipinski definition) is 1. The van der Waals surface area contributed by atoms with Gasteiger partial charge in [0.05, 0.1) is 11.3 Å². The smallest absolute Gasteiger partial charge is 0.150 e. The molecule has 20 heavy (non-hydrogen) atoms. The minimum absolute atomic E-state index is 0.281. The number of halogens is 2. The van der Waals surface area contributed by atoms with Gasteiger partial charge < -0.3 is 5.11 Å². The van der Waals surface area contributed by atoms with E-state index < -0.39 is 5.60 Å². The van der Waals surface area contributed by atoms with E-state index in [4.69, 9.17) is 0 Å². The van der Waals surface area contributed by atoms with Crippen LogP contribution in [0, 0.1) is 5.82 Å². The summed E-state index contributed by atoms with van der Waals surface area (Å²) in [6.07, 6.45) is 5.29. The fraction of sp³-hybridized carbons (Fsp3) is 0.562. The van der Waals surface area contributed by atoms with Crippen LogP contribution in [0.3, 0.4) is 0 Å². The van der Waals surface area contributed by atoms with Gasteiger partial charge in [0.25, 0.3) is 0 Å². The molecule has 0 amide bonds. The second kappa shape index (κ2) is 4.63. The van der Waals surface area contributed by atoms with Crippen molar-refractivity contribution in [3.63, 3.8) is 0 Å². The lowest BCUT2D eigenvalue weighted by atomic mass is 9.64. The maximum absolute atomic E-state index is 14.2. The van der Waals surface area contributed by atoms with Gasteiger partial charge >= 0.3 is 0 Å². The molecule has 3 rings (SSSR count). The Morgan fingerprint density at radius 2 is 1.90 bits per heavy atom. The van der Waals surface area contributed by atoms with Crippen molar-refractivity contribution >= 4 is 27.3 Å². The van der Waals surface area contributed by atoms with Crippen LogP contribution in [0.2, 0.25) is 0 Å². The Bertz CT molecular complexity index is 583. The van der Waals surface area contributed by atoms with Crippen LogP contribution in [-0.4, -0.2) is 16.4 Å². The lowest BCUT2D eigenvalue weighted by Gasteiger charge is -2.39. The topological polar surface area (TPSA) is 32.6 Å². The first-order valence-electron chi connectivity index (χ1n) is 7.16. The van der Waals surface area contributed by atoms with Gasteiger partial charge in [-0.2, -0.15) is 0 Å². The summed E-state index contributed by atoms with van der Waals surface area (Å²) in [4.78, 5) is 4.51. The third-order valence-corrected chi connectivity index (χ3v) is 4.97. The summed E-state index contributed by atoms with van der Waals surface area (Å²) in [6.45, 7) is 3.50. The first-order chi connectivity index (χ1) is 9.34. The summed E-state index contributed by atoms with van der Waals surface area (Å²) in [5.74, 6) is -0.307. The molecular weight excluding hydrogens is 321 g/mol. The predicted molar refractivity (Wildman–Crippen MR) is 82.3 cm³/mol. The molecule has 1 heterocycles. The number of aliphatic imine (C=N–C) groups is 1. The Morgan fingerprint density at radius 3 is 2.50 bits per heavy atom. The third kappa shape index (κ3) is 2.04. The SMILES string of the molecule is CC(C)(O)C1=Nc2c(F)cc(Br)cc2C12CCCCC2. The van der Waals surface area contributed by atoms with Gasteiger partial charge in [-0.15, -0.1) is 0 Å². The largest absolute Gasteiger partial charge is 0.384 e. The van der Waals surface area contributed by atoms with Crippen LogP contribution in [0.15, 0.2) is 21.6 Å². The van der Waals surface area contributed by atoms with Gasteiger partial charge in [-0.3, -0.25) is 4.99 Å². The van der Waals surface area contributed by atoms with Crippen molar-refractivity contribution in [2.24, 2.45) is 4.99 Å². The molecule has 1 aliphatic heterocycles. The highest BCUT2D eigenvalue weighted by Crippen LogP contribution is 2.52. The third-order valence-electron chi connectivity index (χ3n) is 4.51. The molecule has 2 aliphatic rings. The van der Waals surface area contributed by atoms with Crippen molar-refractivity contribution in [3.05, 3.63) is 28.0 Å². The number of rotatable bonds is 1. The molecule has 2 nitrogen and oxygen atoms in total. The van der Waals surface area contributed by atoms with Crippen molar-refractivity contribution in [2.75, 3.05) is 0 Å². The maximum Gasteiger partial charge on any atom is 0.150 e. The number of aliphatic hydroxyl groups is 1. The van der Waals surface area contributed by atoms with E-state index in [1.54, 1.807) is 13.8 Å². The van der Waals surface area contributed by atoms with Gasteiger partial charge in [0, 0.05) is 9.89 Å². The maximum atomic E-state index is 14.2. The molecule has 0 atom stereocenters. The van der Waals surface area contributed by atoms with E-state index in [1.165, 1.54) is 12.5 Å². The molecule has 1 spiro atoms. The molecule has 1 fully saturated rings. The fourth-order valence-corrected chi connectivity index (χ4v) is 4.20. The van der Waals surface area contributed by atoms with E-state index in [2.05, 4.69) is 20.9 Å². The van der Waals surface area contributed by atoms with Crippen molar-refractivity contribution in [2.45, 2.75) is 57.0 Å². The summed E-state index contributed by atoms with van der Waals surface area (Å²) in [5, 5.41) is 10.5. The Kier molecular flexibility index (Phi) is 3.29. The molecule has 1 aromatic carbocycles. The highest BCUT2D eigenvalue weighted by Gasteiger charge is 2.49. The second-order valence-corrected chi connectivity index (χ2v) is 7.36. The van der Waals surface area contributed by atoms with Gasteiger partial charge in [0.1, 0.15) is 11.5 Å². The Labute approximate surface area is 127 Å². The molecule has 0 aromatic heterocycles. The summed E-state index contributed by atoms with van der Waals surface area (Å²) >= 11 is 3.38. The van der Waals surface area contributed by atoms with Crippen molar-refractivity contribution in [1.82, 2.24) is 0 Å². The van der Waals surface area contributed by atoms with E-state index in [0.717, 1.165) is 41.4 Å². The van der Waals surface area contributed by atoms with Crippen LogP contribution < -0.4 is 0 Å². The average Bonchev–Trinajstić information content (AvgIpc) is 2.65. The van der Waals surface area contributed by atoms with Crippen LogP contribution in [0.1, 0.15) is 51.5 Å². The first kappa shape index (κ1) is 14.2. The monoisotopic (exact) mass is 339 g/mol. The summed E-state index contributed by atoms with van der Waals surface area (Å²) in [5.41, 5.74) is 0.802. The lowest BCUT2D eigenvalue weighted by Crippen LogP contribution is -2.47. The highest BCUT2D eigenvalue weighted by molar-refractivity contribution is 9.10. The summed E-state index contributed by atoms with van der Waals surface area (Å²) in [7, 11) is 0. The van der Waals surface area contributed by atoms with E-state index in [1.807, 2.05) is 6.07 Å². The number of benzene rings is 1. The molecule has 108 valence electrons. The molecule has 1 N–H and O–H groups in total. The molecule has 0 bridgehead atoms. The normalized spacial score (nSPS) is 20.9. The van der Waals surface area contributed by atoms with E-state index in [-0.39, 0.29) is 11.2 Å². The zero-order chi connectivity index (χ0) is 14.5. The minimum atomic E-state index is -1.02. The van der Waals surface area contributed by atoms with Crippen LogP contribution in [0.5, 0.6) is 0 Å². The van der Waals surface area contributed by atoms with Crippen LogP contribution in [0.4, 0.5) is 10.1 Å². The van der Waals surface area contributed by atoms with Gasteiger partial charge in [-0.25, -0.2) is 4.39 Å². The molecular formula is C16H19BrFNO. The quantitative estimate of drug-likeness (QED) is 0.793. The zero-order valence-corrected chi connectivity index (χ0v) is 13.4. The Hall–Kier alpha value is -0.740. The van der Waals surface area contributed by atoms with E-state index >= 15 is 0 Å². The lowest BCUT2D eigenvalue weighted by molar-refractivity contribution is 0.142. The van der Waals surface area contributed by atoms with Crippen molar-refractivity contribution in [3.8, 4) is 0 Å². The van der Waals surface area contributed by atoms with E-state index in [0.29, 0.717) is 5.69 Å². The Balaban J connectivity index is 2.23. The van der Waals surface area contributed by atoms with Gasteiger partial charge in [0.2, 0.25) is 0 Å². The molecule has 0 unspecified atom stereocenters. The summed E-state index contributed by atoms with van der Waals surface area (Å²) in [6, 6.07) is 3.43. The van der Waals surface area contributed by atoms with Crippen LogP contribution >= 0.6 is 15.9 Å². The highest BCUT2D eigenvalue weighted by atomic mass is 79.9. The number of nitrogens with zero attached hydrogens (tertiary/aromatic N) is 1. The predicted octanol–water partition coefficient (Wildman–Crippen LogP) is 4.65. The van der Waals surface area contributed by atoms with Gasteiger partial charge in [-0.05, 0) is 44.4 Å². The average molecular weight is 340 g/mol. The molecule has 1 saturated carbocycles. The molecule has 4 heteroatoms. The van der Waals surface area contributed by atoms with Gasteiger partial charge in [0.15, 0.2) is 0 Å². The van der Waals surface area contributed by atoms with E-state index in [9.17, 15) is 9.50 Å². The standard InChI is InChI=1S/C16H19BrFNO/c1-15(2,20)14-16(6-4-3-5-7-16)11-8-10(17)9-12(18)13(11)19-14/h8-9,20H,3-7H2,1-2H3. The number of fused-ring (bicyclic) bond motifs is 2.